The lowest BCUT2D eigenvalue weighted by atomic mass is 10.1. The van der Waals surface area contributed by atoms with Crippen LogP contribution in [0.1, 0.15) is 42.4 Å². The van der Waals surface area contributed by atoms with Gasteiger partial charge in [-0.2, -0.15) is 5.10 Å². The minimum absolute atomic E-state index is 0. The maximum atomic E-state index is 12.1. The van der Waals surface area contributed by atoms with E-state index in [2.05, 4.69) is 22.4 Å². The second-order valence-electron chi connectivity index (χ2n) is 5.13. The lowest BCUT2D eigenvalue weighted by molar-refractivity contribution is 0.0930. The average molecular weight is 327 g/mol. The Balaban J connectivity index is 0.00000242. The third-order valence-corrected chi connectivity index (χ3v) is 3.34. The van der Waals surface area contributed by atoms with Gasteiger partial charge in [0.25, 0.3) is 5.91 Å². The van der Waals surface area contributed by atoms with Crippen molar-refractivity contribution in [3.63, 3.8) is 0 Å². The van der Waals surface area contributed by atoms with E-state index in [0.29, 0.717) is 23.7 Å². The second kappa shape index (κ2) is 8.60. The van der Waals surface area contributed by atoms with Crippen LogP contribution in [0.3, 0.4) is 0 Å². The van der Waals surface area contributed by atoms with Gasteiger partial charge in [0.1, 0.15) is 11.5 Å². The molecule has 0 aliphatic rings. The summed E-state index contributed by atoms with van der Waals surface area (Å²) >= 11 is 0. The molecule has 0 fully saturated rings. The maximum Gasteiger partial charge on any atom is 0.272 e. The fraction of sp³-hybridized carbons (Fsp3) is 0.467. The zero-order chi connectivity index (χ0) is 15.2. The predicted octanol–water partition coefficient (Wildman–Crippen LogP) is 2.65. The molecule has 0 bridgehead atoms. The number of unbranched alkanes of at least 4 members (excludes halogenated alkanes) is 1. The number of hydrogen-bond acceptors (Lipinski definition) is 4. The summed E-state index contributed by atoms with van der Waals surface area (Å²) in [5, 5.41) is 9.76. The van der Waals surface area contributed by atoms with E-state index in [-0.39, 0.29) is 24.4 Å². The Morgan fingerprint density at radius 3 is 2.86 bits per heavy atom. The predicted molar refractivity (Wildman–Crippen MR) is 88.1 cm³/mol. The number of carbonyl (C=O) groups excluding carboxylic acids is 1. The van der Waals surface area contributed by atoms with Gasteiger partial charge in [-0.15, -0.1) is 12.4 Å². The number of H-pyrrole nitrogens is 1. The van der Waals surface area contributed by atoms with Crippen LogP contribution in [0, 0.1) is 6.92 Å². The molecule has 0 saturated carbocycles. The molecule has 0 aliphatic heterocycles. The smallest absolute Gasteiger partial charge is 0.272 e. The van der Waals surface area contributed by atoms with E-state index in [9.17, 15) is 4.79 Å². The fourth-order valence-corrected chi connectivity index (χ4v) is 2.10. The number of aromatic nitrogens is 2. The highest BCUT2D eigenvalue weighted by atomic mass is 35.5. The van der Waals surface area contributed by atoms with Crippen LogP contribution >= 0.6 is 12.4 Å². The summed E-state index contributed by atoms with van der Waals surface area (Å²) in [6.45, 7) is 4.41. The van der Waals surface area contributed by atoms with E-state index in [1.165, 1.54) is 0 Å². The van der Waals surface area contributed by atoms with Crippen LogP contribution in [0.4, 0.5) is 0 Å². The van der Waals surface area contributed by atoms with Crippen molar-refractivity contribution in [1.29, 1.82) is 0 Å². The molecule has 0 aromatic carbocycles. The van der Waals surface area contributed by atoms with Gasteiger partial charge in [-0.05, 0) is 25.5 Å². The van der Waals surface area contributed by atoms with E-state index in [1.54, 1.807) is 6.07 Å². The third-order valence-electron chi connectivity index (χ3n) is 3.34. The van der Waals surface area contributed by atoms with Crippen LogP contribution in [0.15, 0.2) is 22.6 Å². The van der Waals surface area contributed by atoms with E-state index >= 15 is 0 Å². The zero-order valence-electron chi connectivity index (χ0n) is 12.9. The van der Waals surface area contributed by atoms with Gasteiger partial charge >= 0.3 is 0 Å². The topological polar surface area (TPSA) is 96.9 Å². The number of amides is 1. The van der Waals surface area contributed by atoms with Gasteiger partial charge in [-0.1, -0.05) is 19.8 Å². The van der Waals surface area contributed by atoms with E-state index in [1.807, 2.05) is 19.1 Å². The summed E-state index contributed by atoms with van der Waals surface area (Å²) in [6, 6.07) is 5.38. The molecule has 2 aromatic heterocycles. The number of furan rings is 1. The van der Waals surface area contributed by atoms with Crippen LogP contribution < -0.4 is 11.1 Å². The van der Waals surface area contributed by atoms with Gasteiger partial charge < -0.3 is 15.5 Å². The van der Waals surface area contributed by atoms with Crippen LogP contribution in [-0.4, -0.2) is 28.7 Å². The van der Waals surface area contributed by atoms with Crippen molar-refractivity contribution in [2.24, 2.45) is 5.73 Å². The minimum Gasteiger partial charge on any atom is -0.460 e. The Bertz CT molecular complexity index is 594. The maximum absolute atomic E-state index is 12.1. The number of hydrogen-bond donors (Lipinski definition) is 3. The Morgan fingerprint density at radius 2 is 2.27 bits per heavy atom. The number of aryl methyl sites for hydroxylation is 1. The quantitative estimate of drug-likeness (QED) is 0.728. The number of nitrogens with zero attached hydrogens (tertiary/aromatic N) is 1. The first-order valence-electron chi connectivity index (χ1n) is 7.27. The average Bonchev–Trinajstić information content (AvgIpc) is 3.11. The lowest BCUT2D eigenvalue weighted by Crippen LogP contribution is -2.40. The normalized spacial score (nSPS) is 11.8. The molecule has 0 radical (unpaired) electrons. The number of aromatic amines is 1. The highest BCUT2D eigenvalue weighted by Gasteiger charge is 2.16. The van der Waals surface area contributed by atoms with Crippen molar-refractivity contribution in [3.05, 3.63) is 29.7 Å². The molecule has 122 valence electrons. The van der Waals surface area contributed by atoms with Gasteiger partial charge in [-0.25, -0.2) is 0 Å². The summed E-state index contributed by atoms with van der Waals surface area (Å²) in [4.78, 5) is 12.1. The van der Waals surface area contributed by atoms with Crippen molar-refractivity contribution in [2.45, 2.75) is 39.2 Å². The van der Waals surface area contributed by atoms with E-state index in [0.717, 1.165) is 25.0 Å². The Morgan fingerprint density at radius 1 is 1.50 bits per heavy atom. The molecular weight excluding hydrogens is 304 g/mol. The summed E-state index contributed by atoms with van der Waals surface area (Å²) in [6.07, 6.45) is 3.00. The molecule has 0 saturated heterocycles. The largest absolute Gasteiger partial charge is 0.460 e. The molecule has 1 amide bonds. The van der Waals surface area contributed by atoms with Gasteiger partial charge in [0.15, 0.2) is 11.5 Å². The van der Waals surface area contributed by atoms with Gasteiger partial charge in [-0.3, -0.25) is 9.89 Å². The lowest BCUT2D eigenvalue weighted by Gasteiger charge is -2.15. The van der Waals surface area contributed by atoms with Gasteiger partial charge in [0.05, 0.1) is 0 Å². The van der Waals surface area contributed by atoms with Crippen molar-refractivity contribution >= 4 is 18.3 Å². The first-order valence-corrected chi connectivity index (χ1v) is 7.27. The Labute approximate surface area is 136 Å². The Kier molecular flexibility index (Phi) is 7.14. The number of carbonyl (C=O) groups is 1. The van der Waals surface area contributed by atoms with Crippen LogP contribution in [-0.2, 0) is 0 Å². The fourth-order valence-electron chi connectivity index (χ4n) is 2.10. The van der Waals surface area contributed by atoms with Crippen LogP contribution in [0.2, 0.25) is 0 Å². The molecule has 0 aliphatic carbocycles. The van der Waals surface area contributed by atoms with Crippen molar-refractivity contribution in [2.75, 3.05) is 6.54 Å². The molecule has 22 heavy (non-hydrogen) atoms. The van der Waals surface area contributed by atoms with Crippen molar-refractivity contribution < 1.29 is 9.21 Å². The molecule has 2 aromatic rings. The van der Waals surface area contributed by atoms with Crippen molar-refractivity contribution in [3.8, 4) is 11.5 Å². The number of rotatable bonds is 7. The summed E-state index contributed by atoms with van der Waals surface area (Å²) in [5.74, 6) is 1.26. The minimum atomic E-state index is -0.215. The third kappa shape index (κ3) is 4.61. The monoisotopic (exact) mass is 326 g/mol. The Hall–Kier alpha value is -1.79. The molecule has 2 rings (SSSR count). The van der Waals surface area contributed by atoms with Crippen LogP contribution in [0.5, 0.6) is 0 Å². The van der Waals surface area contributed by atoms with E-state index < -0.39 is 0 Å². The van der Waals surface area contributed by atoms with E-state index in [4.69, 9.17) is 10.2 Å². The molecule has 1 unspecified atom stereocenters. The highest BCUT2D eigenvalue weighted by Crippen LogP contribution is 2.20. The first kappa shape index (κ1) is 18.3. The molecular formula is C15H23ClN4O2. The molecule has 0 spiro atoms. The molecule has 2 heterocycles. The van der Waals surface area contributed by atoms with Gasteiger partial charge in [0.2, 0.25) is 0 Å². The number of halogens is 1. The summed E-state index contributed by atoms with van der Waals surface area (Å²) in [5.41, 5.74) is 6.71. The zero-order valence-corrected chi connectivity index (χ0v) is 13.7. The first-order chi connectivity index (χ1) is 10.1. The molecule has 7 heteroatoms. The number of nitrogens with one attached hydrogen (secondary N) is 2. The van der Waals surface area contributed by atoms with Crippen LogP contribution in [0.25, 0.3) is 11.5 Å². The summed E-state index contributed by atoms with van der Waals surface area (Å²) < 4.78 is 5.50. The second-order valence-corrected chi connectivity index (χ2v) is 5.13. The standard InChI is InChI=1S/C15H22N4O2.ClH/c1-3-4-5-11(9-16)17-15(20)13-8-12(18-19-13)14-7-6-10(2)21-14;/h6-8,11H,3-5,9,16H2,1-2H3,(H,17,20)(H,18,19);1H. The number of nitrogens with two attached hydrogens (primary N) is 1. The molecule has 4 N–H and O–H groups in total. The molecule has 6 nitrogen and oxygen atoms in total. The molecule has 1 atom stereocenters. The summed E-state index contributed by atoms with van der Waals surface area (Å²) in [7, 11) is 0. The van der Waals surface area contributed by atoms with Gasteiger partial charge in [0, 0.05) is 18.7 Å². The van der Waals surface area contributed by atoms with Crippen molar-refractivity contribution in [1.82, 2.24) is 15.5 Å². The SMILES string of the molecule is CCCCC(CN)NC(=O)c1cc(-c2ccc(C)o2)[nH]n1.Cl. The highest BCUT2D eigenvalue weighted by molar-refractivity contribution is 5.93.